The first-order chi connectivity index (χ1) is 9.38. The van der Waals surface area contributed by atoms with E-state index in [4.69, 9.17) is 5.11 Å². The topological polar surface area (TPSA) is 70.2 Å². The smallest absolute Gasteiger partial charge is 0.339 e. The van der Waals surface area contributed by atoms with Crippen molar-refractivity contribution in [2.75, 3.05) is 0 Å². The second kappa shape index (κ2) is 5.63. The van der Waals surface area contributed by atoms with E-state index in [1.54, 1.807) is 13.8 Å². The summed E-state index contributed by atoms with van der Waals surface area (Å²) in [7, 11) is 0. The molecule has 0 atom stereocenters. The van der Waals surface area contributed by atoms with Gasteiger partial charge in [0.25, 0.3) is 0 Å². The van der Waals surface area contributed by atoms with Crippen LogP contribution in [0.1, 0.15) is 19.5 Å². The molecule has 20 heavy (non-hydrogen) atoms. The van der Waals surface area contributed by atoms with Crippen LogP contribution in [0, 0.1) is 5.92 Å². The number of H-pyrrole nitrogens is 1. The lowest BCUT2D eigenvalue weighted by Crippen LogP contribution is -2.17. The third-order valence-electron chi connectivity index (χ3n) is 2.93. The molecule has 2 N–H and O–H groups in total. The first-order valence-corrected chi connectivity index (χ1v) is 6.95. The standard InChI is InChI=1S/C15H14BrNO3/c1-8(2)14(18)12(15(19)20)7-11-5-9-3-4-10(16)6-13(9)17-11/h3-8,17H,1-2H3,(H,19,20)/b12-7-. The lowest BCUT2D eigenvalue weighted by molar-refractivity contribution is -0.135. The van der Waals surface area contributed by atoms with Crippen LogP contribution in [-0.2, 0) is 9.59 Å². The summed E-state index contributed by atoms with van der Waals surface area (Å²) in [5.41, 5.74) is 1.28. The second-order valence-electron chi connectivity index (χ2n) is 4.84. The van der Waals surface area contributed by atoms with Gasteiger partial charge in [-0.25, -0.2) is 4.79 Å². The minimum Gasteiger partial charge on any atom is -0.478 e. The van der Waals surface area contributed by atoms with Gasteiger partial charge in [0.1, 0.15) is 5.57 Å². The molecule has 1 aromatic carbocycles. The molecule has 104 valence electrons. The number of fused-ring (bicyclic) bond motifs is 1. The first-order valence-electron chi connectivity index (χ1n) is 6.16. The number of nitrogens with one attached hydrogen (secondary N) is 1. The summed E-state index contributed by atoms with van der Waals surface area (Å²) in [5.74, 6) is -1.93. The predicted octanol–water partition coefficient (Wildman–Crippen LogP) is 3.62. The summed E-state index contributed by atoms with van der Waals surface area (Å²) in [6, 6.07) is 7.54. The van der Waals surface area contributed by atoms with Crippen molar-refractivity contribution in [3.05, 3.63) is 40.0 Å². The highest BCUT2D eigenvalue weighted by Crippen LogP contribution is 2.22. The summed E-state index contributed by atoms with van der Waals surface area (Å²) in [4.78, 5) is 26.2. The zero-order valence-electron chi connectivity index (χ0n) is 11.1. The Bertz CT molecular complexity index is 713. The number of carbonyl (C=O) groups is 2. The zero-order chi connectivity index (χ0) is 14.9. The molecule has 0 spiro atoms. The van der Waals surface area contributed by atoms with Crippen molar-refractivity contribution < 1.29 is 14.7 Å². The average molecular weight is 336 g/mol. The fourth-order valence-corrected chi connectivity index (χ4v) is 2.27. The molecule has 2 rings (SSSR count). The minimum absolute atomic E-state index is 0.203. The maximum absolute atomic E-state index is 11.9. The molecule has 1 aromatic heterocycles. The van der Waals surface area contributed by atoms with E-state index < -0.39 is 5.97 Å². The van der Waals surface area contributed by atoms with Crippen LogP contribution in [0.3, 0.4) is 0 Å². The fraction of sp³-hybridized carbons (Fsp3) is 0.200. The maximum Gasteiger partial charge on any atom is 0.339 e. The van der Waals surface area contributed by atoms with Crippen molar-refractivity contribution in [1.82, 2.24) is 4.98 Å². The number of aromatic amines is 1. The van der Waals surface area contributed by atoms with Crippen molar-refractivity contribution >= 4 is 44.7 Å². The Hall–Kier alpha value is -1.88. The Morgan fingerprint density at radius 2 is 2.00 bits per heavy atom. The van der Waals surface area contributed by atoms with Gasteiger partial charge in [0.2, 0.25) is 0 Å². The number of aliphatic carboxylic acids is 1. The monoisotopic (exact) mass is 335 g/mol. The number of Topliss-reactive ketones (excluding diaryl/α,β-unsaturated/α-hetero) is 1. The minimum atomic E-state index is -1.21. The lowest BCUT2D eigenvalue weighted by atomic mass is 10.0. The summed E-state index contributed by atoms with van der Waals surface area (Å²) in [6.45, 7) is 3.36. The van der Waals surface area contributed by atoms with E-state index in [1.807, 2.05) is 24.3 Å². The number of aromatic nitrogens is 1. The van der Waals surface area contributed by atoms with E-state index in [1.165, 1.54) is 6.08 Å². The van der Waals surface area contributed by atoms with Gasteiger partial charge in [0, 0.05) is 27.0 Å². The molecule has 0 aliphatic heterocycles. The normalized spacial score (nSPS) is 12.1. The molecule has 0 fully saturated rings. The number of carboxylic acids is 1. The van der Waals surface area contributed by atoms with Crippen molar-refractivity contribution in [3.63, 3.8) is 0 Å². The zero-order valence-corrected chi connectivity index (χ0v) is 12.7. The van der Waals surface area contributed by atoms with E-state index in [0.717, 1.165) is 15.4 Å². The number of hydrogen-bond acceptors (Lipinski definition) is 2. The predicted molar refractivity (Wildman–Crippen MR) is 81.5 cm³/mol. The van der Waals surface area contributed by atoms with E-state index in [9.17, 15) is 9.59 Å². The highest BCUT2D eigenvalue weighted by Gasteiger charge is 2.20. The number of rotatable bonds is 4. The fourth-order valence-electron chi connectivity index (χ4n) is 1.90. The SMILES string of the molecule is CC(C)C(=O)/C(=C/c1cc2ccc(Br)cc2[nH]1)C(=O)O. The van der Waals surface area contributed by atoms with Crippen molar-refractivity contribution in [2.24, 2.45) is 5.92 Å². The molecule has 0 saturated heterocycles. The molecule has 1 heterocycles. The van der Waals surface area contributed by atoms with Gasteiger partial charge in [0.15, 0.2) is 5.78 Å². The Kier molecular flexibility index (Phi) is 4.09. The number of ketones is 1. The first kappa shape index (κ1) is 14.5. The van der Waals surface area contributed by atoms with E-state index in [0.29, 0.717) is 5.69 Å². The number of carbonyl (C=O) groups excluding carboxylic acids is 1. The van der Waals surface area contributed by atoms with Gasteiger partial charge >= 0.3 is 5.97 Å². The van der Waals surface area contributed by atoms with Crippen LogP contribution in [0.2, 0.25) is 0 Å². The van der Waals surface area contributed by atoms with Crippen LogP contribution in [0.5, 0.6) is 0 Å². The third-order valence-corrected chi connectivity index (χ3v) is 3.42. The van der Waals surface area contributed by atoms with Crippen LogP contribution in [0.15, 0.2) is 34.3 Å². The van der Waals surface area contributed by atoms with Gasteiger partial charge in [-0.2, -0.15) is 0 Å². The summed E-state index contributed by atoms with van der Waals surface area (Å²) >= 11 is 3.37. The molecule has 0 bridgehead atoms. The Morgan fingerprint density at radius 1 is 1.30 bits per heavy atom. The Morgan fingerprint density at radius 3 is 2.60 bits per heavy atom. The molecule has 0 amide bonds. The Balaban J connectivity index is 2.48. The summed E-state index contributed by atoms with van der Waals surface area (Å²) < 4.78 is 0.930. The third kappa shape index (κ3) is 2.99. The molecule has 0 unspecified atom stereocenters. The van der Waals surface area contributed by atoms with Gasteiger partial charge in [0.05, 0.1) is 0 Å². The average Bonchev–Trinajstić information content (AvgIpc) is 2.76. The van der Waals surface area contributed by atoms with Gasteiger partial charge < -0.3 is 10.1 Å². The number of benzene rings is 1. The molecule has 5 heteroatoms. The van der Waals surface area contributed by atoms with Crippen LogP contribution < -0.4 is 0 Å². The highest BCUT2D eigenvalue weighted by molar-refractivity contribution is 9.10. The van der Waals surface area contributed by atoms with E-state index in [2.05, 4.69) is 20.9 Å². The number of carboxylic acid groups (broad SMARTS) is 1. The Labute approximate surface area is 124 Å². The van der Waals surface area contributed by atoms with Crippen LogP contribution in [-0.4, -0.2) is 21.8 Å². The van der Waals surface area contributed by atoms with Crippen molar-refractivity contribution in [3.8, 4) is 0 Å². The van der Waals surface area contributed by atoms with Crippen LogP contribution >= 0.6 is 15.9 Å². The second-order valence-corrected chi connectivity index (χ2v) is 5.75. The quantitative estimate of drug-likeness (QED) is 0.509. The molecular formula is C15H14BrNO3. The van der Waals surface area contributed by atoms with Gasteiger partial charge in [-0.05, 0) is 24.3 Å². The van der Waals surface area contributed by atoms with Crippen LogP contribution in [0.25, 0.3) is 17.0 Å². The summed E-state index contributed by atoms with van der Waals surface area (Å²) in [5, 5.41) is 10.1. The number of halogens is 1. The highest BCUT2D eigenvalue weighted by atomic mass is 79.9. The number of hydrogen-bond donors (Lipinski definition) is 2. The largest absolute Gasteiger partial charge is 0.478 e. The van der Waals surface area contributed by atoms with Gasteiger partial charge in [-0.1, -0.05) is 35.8 Å². The van der Waals surface area contributed by atoms with Crippen molar-refractivity contribution in [2.45, 2.75) is 13.8 Å². The van der Waals surface area contributed by atoms with Crippen molar-refractivity contribution in [1.29, 1.82) is 0 Å². The molecule has 0 aliphatic rings. The van der Waals surface area contributed by atoms with E-state index in [-0.39, 0.29) is 17.3 Å². The molecule has 0 radical (unpaired) electrons. The lowest BCUT2D eigenvalue weighted by Gasteiger charge is -2.04. The molecule has 2 aromatic rings. The van der Waals surface area contributed by atoms with Gasteiger partial charge in [-0.3, -0.25) is 4.79 Å². The molecular weight excluding hydrogens is 322 g/mol. The van der Waals surface area contributed by atoms with E-state index >= 15 is 0 Å². The maximum atomic E-state index is 11.9. The van der Waals surface area contributed by atoms with Gasteiger partial charge in [-0.15, -0.1) is 0 Å². The van der Waals surface area contributed by atoms with Crippen LogP contribution in [0.4, 0.5) is 0 Å². The molecule has 0 saturated carbocycles. The summed E-state index contributed by atoms with van der Waals surface area (Å²) in [6.07, 6.45) is 1.39. The molecule has 4 nitrogen and oxygen atoms in total. The molecule has 0 aliphatic carbocycles.